The topological polar surface area (TPSA) is 24.9 Å². The molecule has 0 saturated carbocycles. The molecule has 1 aromatic heterocycles. The fraction of sp³-hybridized carbons (Fsp3) is 0.357. The van der Waals surface area contributed by atoms with E-state index in [-0.39, 0.29) is 0 Å². The Balaban J connectivity index is 2.04. The Kier molecular flexibility index (Phi) is 3.79. The first-order chi connectivity index (χ1) is 8.19. The van der Waals surface area contributed by atoms with Crippen LogP contribution in [0.1, 0.15) is 21.7 Å². The zero-order chi connectivity index (χ0) is 12.3. The lowest BCUT2D eigenvalue weighted by Crippen LogP contribution is -1.94. The average molecular weight is 246 g/mol. The van der Waals surface area contributed by atoms with Gasteiger partial charge in [0.2, 0.25) is 0 Å². The molecule has 17 heavy (non-hydrogen) atoms. The largest absolute Gasteiger partial charge is 0.365 e. The first-order valence-corrected chi connectivity index (χ1v) is 6.70. The Hall–Kier alpha value is -1.35. The summed E-state index contributed by atoms with van der Waals surface area (Å²) in [6.45, 7) is 4.28. The van der Waals surface area contributed by atoms with Crippen LogP contribution < -0.4 is 5.32 Å². The second-order valence-electron chi connectivity index (χ2n) is 4.26. The Labute approximate surface area is 107 Å². The Bertz CT molecular complexity index is 503. The summed E-state index contributed by atoms with van der Waals surface area (Å²) in [7, 11) is 1.92. The number of rotatable bonds is 4. The minimum absolute atomic E-state index is 1.02. The number of thiazole rings is 1. The van der Waals surface area contributed by atoms with Crippen LogP contribution in [0.2, 0.25) is 0 Å². The Morgan fingerprint density at radius 1 is 1.24 bits per heavy atom. The third-order valence-corrected chi connectivity index (χ3v) is 3.87. The molecular weight excluding hydrogens is 228 g/mol. The molecule has 2 rings (SSSR count). The van der Waals surface area contributed by atoms with Crippen molar-refractivity contribution >= 4 is 16.5 Å². The van der Waals surface area contributed by atoms with Crippen LogP contribution in [0, 0.1) is 13.8 Å². The standard InChI is InChI=1S/C14H18N2S/c1-10-5-4-6-12(9-10)7-8-13-11(2)17-14(15-3)16-13/h4-6,9H,7-8H2,1-3H3,(H,15,16). The molecule has 2 nitrogen and oxygen atoms in total. The molecule has 0 bridgehead atoms. The molecule has 1 N–H and O–H groups in total. The van der Waals surface area contributed by atoms with Crippen molar-refractivity contribution < 1.29 is 0 Å². The zero-order valence-electron chi connectivity index (χ0n) is 10.6. The Morgan fingerprint density at radius 2 is 2.06 bits per heavy atom. The maximum atomic E-state index is 4.57. The van der Waals surface area contributed by atoms with Crippen molar-refractivity contribution in [2.75, 3.05) is 12.4 Å². The number of nitrogens with zero attached hydrogens (tertiary/aromatic N) is 1. The highest BCUT2D eigenvalue weighted by atomic mass is 32.1. The molecule has 0 atom stereocenters. The van der Waals surface area contributed by atoms with Gasteiger partial charge in [0, 0.05) is 11.9 Å². The van der Waals surface area contributed by atoms with Crippen LogP contribution in [0.3, 0.4) is 0 Å². The number of anilines is 1. The predicted molar refractivity (Wildman–Crippen MR) is 75.0 cm³/mol. The summed E-state index contributed by atoms with van der Waals surface area (Å²) in [6, 6.07) is 8.70. The van der Waals surface area contributed by atoms with Crippen molar-refractivity contribution in [3.8, 4) is 0 Å². The summed E-state index contributed by atoms with van der Waals surface area (Å²) in [4.78, 5) is 5.89. The fourth-order valence-corrected chi connectivity index (χ4v) is 2.71. The van der Waals surface area contributed by atoms with E-state index in [0.717, 1.165) is 18.0 Å². The summed E-state index contributed by atoms with van der Waals surface area (Å²) in [5.74, 6) is 0. The SMILES string of the molecule is CNc1nc(CCc2cccc(C)c2)c(C)s1. The second kappa shape index (κ2) is 5.32. The van der Waals surface area contributed by atoms with E-state index in [2.05, 4.69) is 48.4 Å². The van der Waals surface area contributed by atoms with Crippen molar-refractivity contribution in [1.29, 1.82) is 0 Å². The molecule has 1 heterocycles. The van der Waals surface area contributed by atoms with Crippen molar-refractivity contribution in [3.05, 3.63) is 46.0 Å². The Morgan fingerprint density at radius 3 is 2.71 bits per heavy atom. The monoisotopic (exact) mass is 246 g/mol. The zero-order valence-corrected chi connectivity index (χ0v) is 11.4. The minimum atomic E-state index is 1.02. The summed E-state index contributed by atoms with van der Waals surface area (Å²) in [5, 5.41) is 4.12. The number of aryl methyl sites for hydroxylation is 4. The van der Waals surface area contributed by atoms with E-state index in [0.29, 0.717) is 0 Å². The van der Waals surface area contributed by atoms with Gasteiger partial charge in [-0.25, -0.2) is 4.98 Å². The maximum Gasteiger partial charge on any atom is 0.182 e. The number of hydrogen-bond donors (Lipinski definition) is 1. The van der Waals surface area contributed by atoms with Crippen LogP contribution in [0.15, 0.2) is 24.3 Å². The van der Waals surface area contributed by atoms with Crippen molar-refractivity contribution in [2.24, 2.45) is 0 Å². The van der Waals surface area contributed by atoms with Gasteiger partial charge in [-0.1, -0.05) is 29.8 Å². The summed E-state index contributed by atoms with van der Waals surface area (Å²) in [5.41, 5.74) is 3.94. The van der Waals surface area contributed by atoms with Gasteiger partial charge in [0.15, 0.2) is 5.13 Å². The quantitative estimate of drug-likeness (QED) is 0.891. The molecule has 0 aliphatic heterocycles. The fourth-order valence-electron chi connectivity index (χ4n) is 1.90. The third kappa shape index (κ3) is 3.07. The molecule has 0 saturated heterocycles. The van der Waals surface area contributed by atoms with Crippen LogP contribution in [-0.4, -0.2) is 12.0 Å². The van der Waals surface area contributed by atoms with Crippen LogP contribution in [0.5, 0.6) is 0 Å². The van der Waals surface area contributed by atoms with Crippen LogP contribution in [0.4, 0.5) is 5.13 Å². The molecular formula is C14H18N2S. The van der Waals surface area contributed by atoms with Gasteiger partial charge in [-0.15, -0.1) is 11.3 Å². The van der Waals surface area contributed by atoms with Gasteiger partial charge >= 0.3 is 0 Å². The first-order valence-electron chi connectivity index (χ1n) is 5.88. The summed E-state index contributed by atoms with van der Waals surface area (Å²) < 4.78 is 0. The van der Waals surface area contributed by atoms with Crippen LogP contribution in [0.25, 0.3) is 0 Å². The lowest BCUT2D eigenvalue weighted by molar-refractivity contribution is 0.916. The molecule has 3 heteroatoms. The highest BCUT2D eigenvalue weighted by molar-refractivity contribution is 7.15. The molecule has 0 spiro atoms. The summed E-state index contributed by atoms with van der Waals surface area (Å²) in [6.07, 6.45) is 2.09. The van der Waals surface area contributed by atoms with E-state index in [1.54, 1.807) is 11.3 Å². The lowest BCUT2D eigenvalue weighted by atomic mass is 10.1. The van der Waals surface area contributed by atoms with Crippen LogP contribution in [-0.2, 0) is 12.8 Å². The van der Waals surface area contributed by atoms with E-state index in [9.17, 15) is 0 Å². The molecule has 1 aromatic carbocycles. The van der Waals surface area contributed by atoms with Gasteiger partial charge in [0.05, 0.1) is 5.69 Å². The maximum absolute atomic E-state index is 4.57. The number of aromatic nitrogens is 1. The number of benzene rings is 1. The van der Waals surface area contributed by atoms with Crippen LogP contribution >= 0.6 is 11.3 Å². The smallest absolute Gasteiger partial charge is 0.182 e. The highest BCUT2D eigenvalue weighted by Gasteiger charge is 2.06. The van der Waals surface area contributed by atoms with Gasteiger partial charge in [0.1, 0.15) is 0 Å². The predicted octanol–water partition coefficient (Wildman–Crippen LogP) is 3.59. The normalized spacial score (nSPS) is 10.5. The van der Waals surface area contributed by atoms with Gasteiger partial charge in [-0.2, -0.15) is 0 Å². The molecule has 0 radical (unpaired) electrons. The average Bonchev–Trinajstić information content (AvgIpc) is 2.68. The van der Waals surface area contributed by atoms with Gasteiger partial charge in [-0.05, 0) is 32.3 Å². The van der Waals surface area contributed by atoms with Crippen molar-refractivity contribution in [2.45, 2.75) is 26.7 Å². The molecule has 0 amide bonds. The minimum Gasteiger partial charge on any atom is -0.365 e. The van der Waals surface area contributed by atoms with Gasteiger partial charge in [0.25, 0.3) is 0 Å². The molecule has 90 valence electrons. The highest BCUT2D eigenvalue weighted by Crippen LogP contribution is 2.22. The van der Waals surface area contributed by atoms with E-state index in [4.69, 9.17) is 0 Å². The lowest BCUT2D eigenvalue weighted by Gasteiger charge is -2.01. The van der Waals surface area contributed by atoms with E-state index < -0.39 is 0 Å². The van der Waals surface area contributed by atoms with E-state index >= 15 is 0 Å². The second-order valence-corrected chi connectivity index (χ2v) is 5.46. The molecule has 0 aliphatic carbocycles. The van der Waals surface area contributed by atoms with Crippen molar-refractivity contribution in [1.82, 2.24) is 4.98 Å². The number of nitrogens with one attached hydrogen (secondary N) is 1. The van der Waals surface area contributed by atoms with E-state index in [1.165, 1.54) is 21.7 Å². The van der Waals surface area contributed by atoms with Crippen molar-refractivity contribution in [3.63, 3.8) is 0 Å². The summed E-state index contributed by atoms with van der Waals surface area (Å²) >= 11 is 1.73. The van der Waals surface area contributed by atoms with Gasteiger partial charge in [-0.3, -0.25) is 0 Å². The molecule has 0 unspecified atom stereocenters. The molecule has 0 fully saturated rings. The number of hydrogen-bond acceptors (Lipinski definition) is 3. The molecule has 0 aliphatic rings. The van der Waals surface area contributed by atoms with E-state index in [1.807, 2.05) is 7.05 Å². The first kappa shape index (κ1) is 12.1. The third-order valence-electron chi connectivity index (χ3n) is 2.84. The molecule has 2 aromatic rings. The van der Waals surface area contributed by atoms with Gasteiger partial charge < -0.3 is 5.32 Å².